The molecule has 0 fully saturated rings. The number of halogens is 1. The number of fused-ring (bicyclic) bond motifs is 2. The van der Waals surface area contributed by atoms with Gasteiger partial charge in [0.1, 0.15) is 0 Å². The summed E-state index contributed by atoms with van der Waals surface area (Å²) in [7, 11) is 4.83. The Morgan fingerprint density at radius 2 is 1.81 bits per heavy atom. The second-order valence-electron chi connectivity index (χ2n) is 6.47. The quantitative estimate of drug-likeness (QED) is 0.745. The summed E-state index contributed by atoms with van der Waals surface area (Å²) in [4.78, 5) is 12.5. The zero-order valence-corrected chi connectivity index (χ0v) is 16.4. The summed E-state index contributed by atoms with van der Waals surface area (Å²) in [6.07, 6.45) is 1.68. The van der Waals surface area contributed by atoms with Gasteiger partial charge in [-0.05, 0) is 35.7 Å². The molecule has 1 aliphatic heterocycles. The van der Waals surface area contributed by atoms with E-state index in [1.54, 1.807) is 27.3 Å². The lowest BCUT2D eigenvalue weighted by Gasteiger charge is -2.13. The van der Waals surface area contributed by atoms with E-state index in [1.165, 1.54) is 21.5 Å². The van der Waals surface area contributed by atoms with Crippen molar-refractivity contribution in [2.24, 2.45) is 7.05 Å². The molecule has 0 unspecified atom stereocenters. The van der Waals surface area contributed by atoms with Crippen molar-refractivity contribution >= 4 is 28.9 Å². The van der Waals surface area contributed by atoms with E-state index in [-0.39, 0.29) is 18.0 Å². The van der Waals surface area contributed by atoms with E-state index in [0.717, 1.165) is 24.0 Å². The highest BCUT2D eigenvalue weighted by atomic mass is 35.5. The maximum atomic E-state index is 12.5. The molecule has 7 heteroatoms. The maximum Gasteiger partial charge on any atom is 0.274 e. The molecule has 27 heavy (non-hydrogen) atoms. The number of ether oxygens (including phenoxy) is 2. The molecule has 6 nitrogen and oxygen atoms in total. The van der Waals surface area contributed by atoms with Crippen LogP contribution < -0.4 is 20.3 Å². The molecule has 3 aromatic rings. The van der Waals surface area contributed by atoms with E-state index in [4.69, 9.17) is 9.47 Å². The molecule has 0 bridgehead atoms. The predicted octanol–water partition coefficient (Wildman–Crippen LogP) is 2.93. The first-order chi connectivity index (χ1) is 12.6. The molecule has 0 spiro atoms. The molecule has 1 N–H and O–H groups in total. The fourth-order valence-corrected chi connectivity index (χ4v) is 3.54. The summed E-state index contributed by atoms with van der Waals surface area (Å²) < 4.78 is 12.1. The van der Waals surface area contributed by atoms with Crippen LogP contribution in [0.25, 0.3) is 10.8 Å². The van der Waals surface area contributed by atoms with Gasteiger partial charge in [0.15, 0.2) is 11.5 Å². The Morgan fingerprint density at radius 1 is 1.11 bits per heavy atom. The van der Waals surface area contributed by atoms with Crippen LogP contribution in [0, 0.1) is 0 Å². The summed E-state index contributed by atoms with van der Waals surface area (Å²) in [6.45, 7) is 0.983. The van der Waals surface area contributed by atoms with E-state index in [2.05, 4.69) is 28.6 Å². The largest absolute Gasteiger partial charge is 0.493 e. The van der Waals surface area contributed by atoms with E-state index in [1.807, 2.05) is 6.07 Å². The summed E-state index contributed by atoms with van der Waals surface area (Å²) >= 11 is 0. The van der Waals surface area contributed by atoms with Gasteiger partial charge in [-0.1, -0.05) is 12.1 Å². The number of aromatic nitrogens is 2. The fourth-order valence-electron chi connectivity index (χ4n) is 3.54. The summed E-state index contributed by atoms with van der Waals surface area (Å²) in [5.74, 6) is 1.13. The van der Waals surface area contributed by atoms with Crippen LogP contribution in [0.4, 0.5) is 5.69 Å². The van der Waals surface area contributed by atoms with Gasteiger partial charge in [-0.3, -0.25) is 4.79 Å². The molecule has 1 aromatic heterocycles. The van der Waals surface area contributed by atoms with Gasteiger partial charge in [-0.25, -0.2) is 4.68 Å². The molecular weight excluding hydrogens is 366 g/mol. The fraction of sp³-hybridized carbons (Fsp3) is 0.300. The van der Waals surface area contributed by atoms with Crippen LogP contribution >= 0.6 is 12.4 Å². The smallest absolute Gasteiger partial charge is 0.274 e. The number of anilines is 1. The van der Waals surface area contributed by atoms with Crippen LogP contribution in [-0.2, 0) is 19.9 Å². The van der Waals surface area contributed by atoms with Crippen molar-refractivity contribution in [3.05, 3.63) is 57.5 Å². The lowest BCUT2D eigenvalue weighted by atomic mass is 10.0. The van der Waals surface area contributed by atoms with Crippen LogP contribution in [0.3, 0.4) is 0 Å². The Hall–Kier alpha value is -2.73. The molecule has 0 saturated carbocycles. The Morgan fingerprint density at radius 3 is 2.52 bits per heavy atom. The monoisotopic (exact) mass is 387 g/mol. The average Bonchev–Trinajstić information content (AvgIpc) is 3.12. The van der Waals surface area contributed by atoms with Crippen molar-refractivity contribution in [1.29, 1.82) is 0 Å². The molecule has 2 heterocycles. The van der Waals surface area contributed by atoms with Gasteiger partial charge in [0, 0.05) is 31.1 Å². The standard InChI is InChI=1S/C20H21N3O3.ClH/c1-23-20(24)15-11-19(26-3)18(25-2)10-14(15)17(22-23)9-12-4-5-16-13(8-12)6-7-21-16;/h4-5,8,10-11,21H,6-7,9H2,1-3H3;1H. The Balaban J connectivity index is 0.00000210. The number of hydrogen-bond donors (Lipinski definition) is 1. The van der Waals surface area contributed by atoms with Crippen LogP contribution in [0.2, 0.25) is 0 Å². The molecule has 0 aliphatic carbocycles. The lowest BCUT2D eigenvalue weighted by molar-refractivity contribution is 0.355. The Bertz CT molecular complexity index is 1060. The number of hydrogen-bond acceptors (Lipinski definition) is 5. The van der Waals surface area contributed by atoms with Crippen molar-refractivity contribution in [1.82, 2.24) is 9.78 Å². The number of benzene rings is 2. The van der Waals surface area contributed by atoms with Crippen molar-refractivity contribution in [2.45, 2.75) is 12.8 Å². The molecule has 142 valence electrons. The molecule has 1 aliphatic rings. The topological polar surface area (TPSA) is 65.4 Å². The van der Waals surface area contributed by atoms with Gasteiger partial charge in [-0.2, -0.15) is 5.10 Å². The zero-order valence-electron chi connectivity index (χ0n) is 15.5. The number of rotatable bonds is 4. The van der Waals surface area contributed by atoms with Gasteiger partial charge in [0.2, 0.25) is 0 Å². The molecule has 0 radical (unpaired) electrons. The van der Waals surface area contributed by atoms with Gasteiger partial charge >= 0.3 is 0 Å². The van der Waals surface area contributed by atoms with Gasteiger partial charge < -0.3 is 14.8 Å². The first kappa shape index (κ1) is 19.0. The average molecular weight is 388 g/mol. The highest BCUT2D eigenvalue weighted by Gasteiger charge is 2.16. The first-order valence-corrected chi connectivity index (χ1v) is 8.58. The number of aryl methyl sites for hydroxylation is 1. The minimum Gasteiger partial charge on any atom is -0.493 e. The predicted molar refractivity (Wildman–Crippen MR) is 109 cm³/mol. The van der Waals surface area contributed by atoms with Gasteiger partial charge in [0.05, 0.1) is 25.3 Å². The number of nitrogens with one attached hydrogen (secondary N) is 1. The molecule has 0 amide bonds. The third-order valence-corrected chi connectivity index (χ3v) is 4.88. The SMILES string of the molecule is COc1cc2c(Cc3ccc4c(c3)CCN4)nn(C)c(=O)c2cc1OC.Cl. The van der Waals surface area contributed by atoms with E-state index in [9.17, 15) is 4.79 Å². The molecule has 0 saturated heterocycles. The highest BCUT2D eigenvalue weighted by molar-refractivity contribution is 5.87. The van der Waals surface area contributed by atoms with Gasteiger partial charge in [-0.15, -0.1) is 12.4 Å². The second-order valence-corrected chi connectivity index (χ2v) is 6.47. The van der Waals surface area contributed by atoms with Crippen molar-refractivity contribution in [3.63, 3.8) is 0 Å². The molecule has 4 rings (SSSR count). The lowest BCUT2D eigenvalue weighted by Crippen LogP contribution is -2.21. The Labute approximate surface area is 163 Å². The third kappa shape index (κ3) is 3.32. The summed E-state index contributed by atoms with van der Waals surface area (Å²) in [5.41, 5.74) is 4.40. The second kappa shape index (κ2) is 7.48. The minimum atomic E-state index is -0.150. The van der Waals surface area contributed by atoms with Crippen molar-refractivity contribution in [2.75, 3.05) is 26.1 Å². The Kier molecular flexibility index (Phi) is 5.28. The van der Waals surface area contributed by atoms with E-state index in [0.29, 0.717) is 23.3 Å². The summed E-state index contributed by atoms with van der Waals surface area (Å²) in [5, 5.41) is 9.26. The minimum absolute atomic E-state index is 0. The van der Waals surface area contributed by atoms with Crippen molar-refractivity contribution < 1.29 is 9.47 Å². The van der Waals surface area contributed by atoms with Crippen LogP contribution in [0.15, 0.2) is 35.1 Å². The van der Waals surface area contributed by atoms with Crippen LogP contribution in [-0.4, -0.2) is 30.5 Å². The maximum absolute atomic E-state index is 12.5. The van der Waals surface area contributed by atoms with Crippen LogP contribution in [0.5, 0.6) is 11.5 Å². The van der Waals surface area contributed by atoms with E-state index < -0.39 is 0 Å². The normalized spacial score (nSPS) is 12.3. The molecule has 2 aromatic carbocycles. The number of methoxy groups -OCH3 is 2. The first-order valence-electron chi connectivity index (χ1n) is 8.58. The van der Waals surface area contributed by atoms with Crippen LogP contribution in [0.1, 0.15) is 16.8 Å². The van der Waals surface area contributed by atoms with E-state index >= 15 is 0 Å². The highest BCUT2D eigenvalue weighted by Crippen LogP contribution is 2.32. The third-order valence-electron chi connectivity index (χ3n) is 4.88. The van der Waals surface area contributed by atoms with Gasteiger partial charge in [0.25, 0.3) is 5.56 Å². The number of nitrogens with zero attached hydrogens (tertiary/aromatic N) is 2. The summed E-state index contributed by atoms with van der Waals surface area (Å²) in [6, 6.07) is 10.0. The van der Waals surface area contributed by atoms with Crippen molar-refractivity contribution in [3.8, 4) is 11.5 Å². The zero-order chi connectivity index (χ0) is 18.3. The molecular formula is C20H22ClN3O3. The molecule has 0 atom stereocenters.